The Morgan fingerprint density at radius 1 is 1.42 bits per heavy atom. The van der Waals surface area contributed by atoms with Crippen molar-refractivity contribution < 1.29 is 0 Å². The molecular formula is C13H16ClN5. The van der Waals surface area contributed by atoms with Gasteiger partial charge < -0.3 is 5.32 Å². The zero-order valence-corrected chi connectivity index (χ0v) is 11.3. The second-order valence-corrected chi connectivity index (χ2v) is 5.30. The summed E-state index contributed by atoms with van der Waals surface area (Å²) in [5.41, 5.74) is 1.14. The predicted molar refractivity (Wildman–Crippen MR) is 73.0 cm³/mol. The van der Waals surface area contributed by atoms with Gasteiger partial charge in [-0.05, 0) is 48.2 Å². The van der Waals surface area contributed by atoms with Gasteiger partial charge in [-0.2, -0.15) is 4.80 Å². The third-order valence-electron chi connectivity index (χ3n) is 3.59. The number of nitrogens with one attached hydrogen (secondary N) is 1. The summed E-state index contributed by atoms with van der Waals surface area (Å²) in [6.45, 7) is 2.06. The van der Waals surface area contributed by atoms with Crippen LogP contribution in [0.5, 0.6) is 0 Å². The van der Waals surface area contributed by atoms with Gasteiger partial charge in [-0.15, -0.1) is 10.2 Å². The third kappa shape index (κ3) is 2.77. The van der Waals surface area contributed by atoms with Gasteiger partial charge in [0.25, 0.3) is 0 Å². The number of hydrogen-bond acceptors (Lipinski definition) is 4. The first-order valence-electron chi connectivity index (χ1n) is 6.53. The van der Waals surface area contributed by atoms with Gasteiger partial charge in [0.1, 0.15) is 6.04 Å². The zero-order valence-electron chi connectivity index (χ0n) is 10.5. The summed E-state index contributed by atoms with van der Waals surface area (Å²) in [6, 6.07) is 8.01. The molecule has 0 bridgehead atoms. The van der Waals surface area contributed by atoms with Crippen molar-refractivity contribution in [1.29, 1.82) is 0 Å². The number of nitrogens with zero attached hydrogens (tertiary/aromatic N) is 4. The van der Waals surface area contributed by atoms with Crippen molar-refractivity contribution in [2.24, 2.45) is 5.92 Å². The molecule has 1 fully saturated rings. The predicted octanol–water partition coefficient (Wildman–Crippen LogP) is 1.92. The van der Waals surface area contributed by atoms with Gasteiger partial charge in [0, 0.05) is 11.6 Å². The Hall–Kier alpha value is -1.46. The fraction of sp³-hybridized carbons (Fsp3) is 0.462. The Bertz CT molecular complexity index is 522. The van der Waals surface area contributed by atoms with Gasteiger partial charge >= 0.3 is 0 Å². The molecule has 0 saturated carbocycles. The minimum atomic E-state index is 0.0917. The Balaban J connectivity index is 1.96. The van der Waals surface area contributed by atoms with Crippen LogP contribution in [0.4, 0.5) is 0 Å². The summed E-state index contributed by atoms with van der Waals surface area (Å²) in [5.74, 6) is 0.460. The van der Waals surface area contributed by atoms with Crippen LogP contribution >= 0.6 is 11.6 Å². The van der Waals surface area contributed by atoms with Crippen LogP contribution in [0.2, 0.25) is 5.02 Å². The number of rotatable bonds is 3. The van der Waals surface area contributed by atoms with E-state index < -0.39 is 0 Å². The van der Waals surface area contributed by atoms with Crippen molar-refractivity contribution in [2.45, 2.75) is 18.9 Å². The second kappa shape index (κ2) is 5.67. The SMILES string of the molecule is Clc1cccc([C@@H]([C@H]2CCCNC2)n2ncnn2)c1. The van der Waals surface area contributed by atoms with Crippen molar-refractivity contribution in [3.8, 4) is 0 Å². The van der Waals surface area contributed by atoms with Gasteiger partial charge in [-0.25, -0.2) is 0 Å². The molecule has 2 heterocycles. The molecule has 0 spiro atoms. The van der Waals surface area contributed by atoms with Crippen molar-refractivity contribution in [3.63, 3.8) is 0 Å². The number of halogens is 1. The molecule has 1 aromatic carbocycles. The monoisotopic (exact) mass is 277 g/mol. The fourth-order valence-corrected chi connectivity index (χ4v) is 2.93. The van der Waals surface area contributed by atoms with E-state index in [1.54, 1.807) is 4.80 Å². The van der Waals surface area contributed by atoms with Crippen LogP contribution in [0.15, 0.2) is 30.6 Å². The summed E-state index contributed by atoms with van der Waals surface area (Å²) in [4.78, 5) is 1.70. The summed E-state index contributed by atoms with van der Waals surface area (Å²) >= 11 is 6.11. The Morgan fingerprint density at radius 3 is 3.05 bits per heavy atom. The van der Waals surface area contributed by atoms with E-state index in [0.29, 0.717) is 5.92 Å². The molecule has 1 aromatic heterocycles. The van der Waals surface area contributed by atoms with Crippen LogP contribution in [0, 0.1) is 5.92 Å². The average molecular weight is 278 g/mol. The molecule has 1 N–H and O–H groups in total. The second-order valence-electron chi connectivity index (χ2n) is 4.86. The molecule has 19 heavy (non-hydrogen) atoms. The van der Waals surface area contributed by atoms with Crippen molar-refractivity contribution in [3.05, 3.63) is 41.2 Å². The first-order valence-corrected chi connectivity index (χ1v) is 6.91. The Morgan fingerprint density at radius 2 is 2.37 bits per heavy atom. The van der Waals surface area contributed by atoms with Crippen LogP contribution in [0.3, 0.4) is 0 Å². The van der Waals surface area contributed by atoms with Gasteiger partial charge in [-0.1, -0.05) is 23.7 Å². The van der Waals surface area contributed by atoms with E-state index in [2.05, 4.69) is 26.8 Å². The molecule has 0 amide bonds. The summed E-state index contributed by atoms with van der Waals surface area (Å²) in [7, 11) is 0. The van der Waals surface area contributed by atoms with Gasteiger partial charge in [-0.3, -0.25) is 0 Å². The first kappa shape index (κ1) is 12.6. The van der Waals surface area contributed by atoms with E-state index in [9.17, 15) is 0 Å². The first-order chi connectivity index (χ1) is 9.34. The molecule has 0 aliphatic carbocycles. The zero-order chi connectivity index (χ0) is 13.1. The van der Waals surface area contributed by atoms with Crippen molar-refractivity contribution >= 4 is 11.6 Å². The average Bonchev–Trinajstić information content (AvgIpc) is 2.94. The lowest BCUT2D eigenvalue weighted by molar-refractivity contribution is 0.261. The van der Waals surface area contributed by atoms with E-state index in [1.165, 1.54) is 12.7 Å². The van der Waals surface area contributed by atoms with E-state index >= 15 is 0 Å². The number of piperidine rings is 1. The molecule has 0 unspecified atom stereocenters. The largest absolute Gasteiger partial charge is 0.316 e. The summed E-state index contributed by atoms with van der Waals surface area (Å²) < 4.78 is 0. The maximum Gasteiger partial charge on any atom is 0.162 e. The molecule has 1 saturated heterocycles. The highest BCUT2D eigenvalue weighted by molar-refractivity contribution is 6.30. The molecular weight excluding hydrogens is 262 g/mol. The smallest absolute Gasteiger partial charge is 0.162 e. The lowest BCUT2D eigenvalue weighted by atomic mass is 9.87. The Labute approximate surface area is 117 Å². The molecule has 1 aliphatic rings. The number of aromatic nitrogens is 4. The maximum absolute atomic E-state index is 6.11. The normalized spacial score (nSPS) is 21.2. The van der Waals surface area contributed by atoms with Gasteiger partial charge in [0.05, 0.1) is 0 Å². The lowest BCUT2D eigenvalue weighted by Gasteiger charge is -2.30. The summed E-state index contributed by atoms with van der Waals surface area (Å²) in [5, 5.41) is 16.3. The van der Waals surface area contributed by atoms with Gasteiger partial charge in [0.2, 0.25) is 0 Å². The molecule has 1 aliphatic heterocycles. The number of tetrazole rings is 1. The molecule has 2 aromatic rings. The van der Waals surface area contributed by atoms with Crippen LogP contribution in [-0.4, -0.2) is 33.3 Å². The van der Waals surface area contributed by atoms with Crippen LogP contribution < -0.4 is 5.32 Å². The van der Waals surface area contributed by atoms with E-state index in [0.717, 1.165) is 30.1 Å². The highest BCUT2D eigenvalue weighted by Gasteiger charge is 2.28. The van der Waals surface area contributed by atoms with Crippen molar-refractivity contribution in [1.82, 2.24) is 25.5 Å². The standard InChI is InChI=1S/C13H16ClN5/c14-12-5-1-3-10(7-12)13(19-17-9-16-18-19)11-4-2-6-15-8-11/h1,3,5,7,9,11,13,15H,2,4,6,8H2/t11-,13-/m0/s1. The lowest BCUT2D eigenvalue weighted by Crippen LogP contribution is -2.36. The maximum atomic E-state index is 6.11. The molecule has 100 valence electrons. The molecule has 6 heteroatoms. The molecule has 2 atom stereocenters. The molecule has 0 radical (unpaired) electrons. The minimum absolute atomic E-state index is 0.0917. The Kier molecular flexibility index (Phi) is 3.75. The topological polar surface area (TPSA) is 55.6 Å². The summed E-state index contributed by atoms with van der Waals surface area (Å²) in [6.07, 6.45) is 3.82. The highest BCUT2D eigenvalue weighted by atomic mass is 35.5. The van der Waals surface area contributed by atoms with Gasteiger partial charge in [0.15, 0.2) is 6.33 Å². The number of benzene rings is 1. The molecule has 5 nitrogen and oxygen atoms in total. The third-order valence-corrected chi connectivity index (χ3v) is 3.82. The van der Waals surface area contributed by atoms with Crippen LogP contribution in [-0.2, 0) is 0 Å². The fourth-order valence-electron chi connectivity index (χ4n) is 2.74. The van der Waals surface area contributed by atoms with E-state index in [4.69, 9.17) is 11.6 Å². The van der Waals surface area contributed by atoms with Crippen LogP contribution in [0.1, 0.15) is 24.4 Å². The van der Waals surface area contributed by atoms with E-state index in [1.807, 2.05) is 18.2 Å². The highest BCUT2D eigenvalue weighted by Crippen LogP contribution is 2.30. The quantitative estimate of drug-likeness (QED) is 0.931. The van der Waals surface area contributed by atoms with Crippen molar-refractivity contribution in [2.75, 3.05) is 13.1 Å². The van der Waals surface area contributed by atoms with Crippen LogP contribution in [0.25, 0.3) is 0 Å². The minimum Gasteiger partial charge on any atom is -0.316 e. The molecule has 3 rings (SSSR count). The van der Waals surface area contributed by atoms with E-state index in [-0.39, 0.29) is 6.04 Å². The number of hydrogen-bond donors (Lipinski definition) is 1.